The zero-order chi connectivity index (χ0) is 27.8. The zero-order valence-electron chi connectivity index (χ0n) is 21.5. The number of hydrogen-bond acceptors (Lipinski definition) is 6. The van der Waals surface area contributed by atoms with Gasteiger partial charge in [-0.25, -0.2) is 8.42 Å². The zero-order valence-corrected chi connectivity index (χ0v) is 22.3. The van der Waals surface area contributed by atoms with Gasteiger partial charge >= 0.3 is 5.97 Å². The van der Waals surface area contributed by atoms with Crippen molar-refractivity contribution in [1.29, 1.82) is 0 Å². The molecule has 0 heterocycles. The number of benzene rings is 2. The summed E-state index contributed by atoms with van der Waals surface area (Å²) in [6.45, 7) is 8.02. The Morgan fingerprint density at radius 2 is 1.76 bits per heavy atom. The van der Waals surface area contributed by atoms with Gasteiger partial charge in [0.1, 0.15) is 18.1 Å². The Balaban J connectivity index is 2.77. The molecule has 0 saturated carbocycles. The predicted molar refractivity (Wildman–Crippen MR) is 148 cm³/mol. The lowest BCUT2D eigenvalue weighted by atomic mass is 10.0. The van der Waals surface area contributed by atoms with E-state index in [0.29, 0.717) is 16.5 Å². The maximum absolute atomic E-state index is 13.7. The lowest BCUT2D eigenvalue weighted by molar-refractivity contribution is -0.135. The number of terminal acetylenes is 1. The third-order valence-electron chi connectivity index (χ3n) is 5.68. The highest BCUT2D eigenvalue weighted by atomic mass is 32.2. The summed E-state index contributed by atoms with van der Waals surface area (Å²) in [7, 11) is -2.89. The molecule has 0 aromatic heterocycles. The van der Waals surface area contributed by atoms with Crippen molar-refractivity contribution in [2.75, 3.05) is 29.4 Å². The number of nitrogens with zero attached hydrogens (tertiary/aromatic N) is 2. The van der Waals surface area contributed by atoms with Gasteiger partial charge < -0.3 is 14.7 Å². The number of methoxy groups -OCH3 is 1. The van der Waals surface area contributed by atoms with Gasteiger partial charge in [-0.3, -0.25) is 13.9 Å². The summed E-state index contributed by atoms with van der Waals surface area (Å²) in [5.41, 5.74) is 0.904. The van der Waals surface area contributed by atoms with E-state index >= 15 is 0 Å². The minimum Gasteiger partial charge on any atom is -0.497 e. The number of carboxylic acid groups (broad SMARTS) is 1. The van der Waals surface area contributed by atoms with Crippen LogP contribution in [0.2, 0.25) is 0 Å². The van der Waals surface area contributed by atoms with E-state index in [-0.39, 0.29) is 41.1 Å². The van der Waals surface area contributed by atoms with Crippen LogP contribution >= 0.6 is 0 Å². The first-order chi connectivity index (χ1) is 17.5. The van der Waals surface area contributed by atoms with Crippen molar-refractivity contribution in [3.8, 4) is 12.3 Å². The minimum absolute atomic E-state index is 0.0114. The molecule has 0 fully saturated rings. The Bertz CT molecular complexity index is 1390. The van der Waals surface area contributed by atoms with Crippen LogP contribution in [0, 0.1) is 12.3 Å². The molecular formula is C28H32N2O6S. The van der Waals surface area contributed by atoms with E-state index in [4.69, 9.17) is 11.2 Å². The smallest absolute Gasteiger partial charge is 0.324 e. The topological polar surface area (TPSA) is 104 Å². The molecule has 37 heavy (non-hydrogen) atoms. The van der Waals surface area contributed by atoms with Gasteiger partial charge in [0, 0.05) is 28.9 Å². The second-order valence-electron chi connectivity index (χ2n) is 8.34. The molecule has 9 heteroatoms. The van der Waals surface area contributed by atoms with Gasteiger partial charge in [-0.15, -0.1) is 6.42 Å². The second kappa shape index (κ2) is 12.8. The van der Waals surface area contributed by atoms with E-state index < -0.39 is 22.5 Å². The number of carbonyl (C=O) groups is 2. The van der Waals surface area contributed by atoms with Crippen LogP contribution in [0.4, 0.5) is 11.4 Å². The Labute approximate surface area is 218 Å². The number of hydrogen-bond donors (Lipinski definition) is 1. The third-order valence-corrected chi connectivity index (χ3v) is 7.55. The number of Topliss-reactive ketones (excluding diaryl/α,β-unsaturated/α-hetero) is 1. The number of rotatable bonds is 13. The molecule has 8 nitrogen and oxygen atoms in total. The molecule has 0 aliphatic carbocycles. The third kappa shape index (κ3) is 7.02. The second-order valence-corrected chi connectivity index (χ2v) is 10.2. The molecule has 2 aromatic carbocycles. The van der Waals surface area contributed by atoms with Crippen LogP contribution in [0.3, 0.4) is 0 Å². The van der Waals surface area contributed by atoms with Crippen LogP contribution in [0.5, 0.6) is 0 Å². The molecule has 2 rings (SSSR count). The van der Waals surface area contributed by atoms with E-state index in [2.05, 4.69) is 12.5 Å². The Kier molecular flexibility index (Phi) is 10.1. The molecule has 0 aliphatic rings. The molecule has 1 N–H and O–H groups in total. The SMILES string of the molecule is C#CCN(c1ccc(N(CC(=O)O)S(=O)(=O)C(/C=C\C(=C)OC)=C/C)c2ccccc12)[C@@H](C)CC(C)=O. The van der Waals surface area contributed by atoms with Crippen molar-refractivity contribution in [2.45, 2.75) is 33.2 Å². The van der Waals surface area contributed by atoms with Gasteiger partial charge in [0.05, 0.1) is 24.2 Å². The quantitative estimate of drug-likeness (QED) is 0.234. The number of carboxylic acids is 1. The van der Waals surface area contributed by atoms with Gasteiger partial charge in [0.2, 0.25) is 0 Å². The molecule has 196 valence electrons. The Morgan fingerprint density at radius 3 is 2.27 bits per heavy atom. The first-order valence-electron chi connectivity index (χ1n) is 11.5. The van der Waals surface area contributed by atoms with Crippen LogP contribution in [-0.4, -0.2) is 51.5 Å². The van der Waals surface area contributed by atoms with Crippen molar-refractivity contribution in [1.82, 2.24) is 0 Å². The molecule has 0 amide bonds. The van der Waals surface area contributed by atoms with Gasteiger partial charge in [0.25, 0.3) is 10.0 Å². The molecule has 0 saturated heterocycles. The van der Waals surface area contributed by atoms with Gasteiger partial charge in [-0.1, -0.05) is 42.8 Å². The number of ether oxygens (including phenoxy) is 1. The van der Waals surface area contributed by atoms with E-state index in [1.165, 1.54) is 32.3 Å². The fourth-order valence-corrected chi connectivity index (χ4v) is 5.45. The highest BCUT2D eigenvalue weighted by Crippen LogP contribution is 2.37. The van der Waals surface area contributed by atoms with Crippen LogP contribution < -0.4 is 9.21 Å². The fourth-order valence-electron chi connectivity index (χ4n) is 3.96. The maximum Gasteiger partial charge on any atom is 0.324 e. The summed E-state index contributed by atoms with van der Waals surface area (Å²) < 4.78 is 33.2. The van der Waals surface area contributed by atoms with Crippen LogP contribution in [0.15, 0.2) is 71.9 Å². The predicted octanol–water partition coefficient (Wildman–Crippen LogP) is 4.49. The fraction of sp³-hybridized carbons (Fsp3) is 0.286. The lowest BCUT2D eigenvalue weighted by Gasteiger charge is -2.32. The summed E-state index contributed by atoms with van der Waals surface area (Å²) in [4.78, 5) is 25.4. The van der Waals surface area contributed by atoms with Gasteiger partial charge in [-0.2, -0.15) is 0 Å². The summed E-state index contributed by atoms with van der Waals surface area (Å²) >= 11 is 0. The van der Waals surface area contributed by atoms with Gasteiger partial charge in [0.15, 0.2) is 0 Å². The molecule has 1 atom stereocenters. The Hall–Kier alpha value is -4.03. The van der Waals surface area contributed by atoms with Crippen molar-refractivity contribution >= 4 is 43.9 Å². The van der Waals surface area contributed by atoms with E-state index in [1.54, 1.807) is 37.3 Å². The summed E-state index contributed by atoms with van der Waals surface area (Å²) in [6, 6.07) is 10.1. The number of anilines is 2. The Morgan fingerprint density at radius 1 is 1.16 bits per heavy atom. The molecule has 0 bridgehead atoms. The number of carbonyl (C=O) groups excluding carboxylic acids is 1. The van der Waals surface area contributed by atoms with Gasteiger partial charge in [-0.05, 0) is 45.1 Å². The highest BCUT2D eigenvalue weighted by Gasteiger charge is 2.30. The number of ketones is 1. The van der Waals surface area contributed by atoms with E-state index in [1.807, 2.05) is 17.9 Å². The van der Waals surface area contributed by atoms with E-state index in [9.17, 15) is 23.1 Å². The average molecular weight is 525 g/mol. The average Bonchev–Trinajstić information content (AvgIpc) is 2.85. The van der Waals surface area contributed by atoms with Crippen LogP contribution in [0.25, 0.3) is 10.8 Å². The lowest BCUT2D eigenvalue weighted by Crippen LogP contribution is -2.37. The van der Waals surface area contributed by atoms with E-state index in [0.717, 1.165) is 4.31 Å². The largest absolute Gasteiger partial charge is 0.497 e. The normalized spacial score (nSPS) is 12.7. The summed E-state index contributed by atoms with van der Waals surface area (Å²) in [6.07, 6.45) is 9.97. The molecule has 0 unspecified atom stereocenters. The first kappa shape index (κ1) is 29.2. The van der Waals surface area contributed by atoms with Crippen LogP contribution in [-0.2, 0) is 24.3 Å². The molecule has 0 spiro atoms. The molecule has 0 radical (unpaired) electrons. The monoisotopic (exact) mass is 524 g/mol. The molecular weight excluding hydrogens is 492 g/mol. The molecule has 2 aromatic rings. The number of fused-ring (bicyclic) bond motifs is 1. The maximum atomic E-state index is 13.7. The van der Waals surface area contributed by atoms with Crippen molar-refractivity contribution in [2.24, 2.45) is 0 Å². The summed E-state index contributed by atoms with van der Waals surface area (Å²) in [5.74, 6) is 1.55. The highest BCUT2D eigenvalue weighted by molar-refractivity contribution is 7.96. The van der Waals surface area contributed by atoms with Crippen molar-refractivity contribution in [3.05, 3.63) is 71.9 Å². The number of allylic oxidation sites excluding steroid dienone is 3. The minimum atomic E-state index is -4.29. The standard InChI is InChI=1S/C28H32N2O6S/c1-7-17-29(20(3)18-21(4)31)26-15-16-27(25-12-10-9-11-24(25)26)30(19-28(32)33)37(34,35)23(8-2)14-13-22(5)36-6/h1,8-16,20H,5,17-19H2,2-4,6H3,(H,32,33)/b14-13-,23-8+/t20-/m0/s1. The summed E-state index contributed by atoms with van der Waals surface area (Å²) in [5, 5.41) is 10.8. The van der Waals surface area contributed by atoms with Crippen molar-refractivity contribution < 1.29 is 27.9 Å². The molecule has 0 aliphatic heterocycles. The number of aliphatic carboxylic acids is 1. The van der Waals surface area contributed by atoms with Crippen molar-refractivity contribution in [3.63, 3.8) is 0 Å². The van der Waals surface area contributed by atoms with Crippen LogP contribution in [0.1, 0.15) is 27.2 Å². The first-order valence-corrected chi connectivity index (χ1v) is 12.9. The number of sulfonamides is 1.